The molecule has 95 heavy (non-hydrogen) atoms. The molecule has 0 radical (unpaired) electrons. The SMILES string of the molecule is CC(C)C1=C(C(=O)N2[C@H](C)CC[C@H]2C(=O)N2CCN(C)[C@H](C)C2)SC2=N[C@@](C)(c3ccc(Cl)cc3)[C@@H](c3ccc(C(F)(F)F)cc3)N21.CC(C)C1=C(C(=O)O)SC2=N[C@@](C)(c3ccc(Cl)cc3)[C@@H](c3ccc(C(F)(F)F)cc3)N21.C[C@@H]1CC[C@@H](C(=O)N2CCN(C)[C@H](C)C2)N1. The number of amides is 3. The van der Waals surface area contributed by atoms with Crippen LogP contribution in [-0.2, 0) is 42.6 Å². The standard InChI is InChI=1S/C35H41ClF3N5O2S.C23H20ClF3N2O2S.C12H23N3O/c1-20(2)28-29(32(46)43-21(3)7-16-27(43)31(45)42-18-17-41(6)22(4)19-42)47-33-40-34(5,24-12-14-26(36)15-13-24)30(44(28)33)23-8-10-25(11-9-23)35(37,38)39;1-12(2)17-18(20(30)31)32-21-28-22(3,14-8-10-16(24)11-9-14)19(29(17)21)13-4-6-15(7-5-13)23(25,26)27;1-9-4-5-11(13-9)12(16)15-7-6-14(3)10(2)8-15/h8-15,20-22,27,30H,7,16-19H2,1-6H3;4-12,19H,1-3H3,(H,30,31);9-11,13H,4-8H2,1-3H3/t21-,22-,27+,30-,34+;19-,22+;9-,10-,11+/m111/s1. The molecule has 4 aromatic carbocycles. The van der Waals surface area contributed by atoms with E-state index in [1.165, 1.54) is 36.0 Å². The number of thioether (sulfide) groups is 2. The lowest BCUT2D eigenvalue weighted by Gasteiger charge is -2.40. The van der Waals surface area contributed by atoms with Crippen molar-refractivity contribution in [2.45, 2.75) is 167 Å². The number of amidine groups is 2. The van der Waals surface area contributed by atoms with Gasteiger partial charge in [0.25, 0.3) is 5.91 Å². The number of carbonyl (C=O) groups excluding carboxylic acids is 3. The van der Waals surface area contributed by atoms with Crippen LogP contribution in [0.3, 0.4) is 0 Å². The summed E-state index contributed by atoms with van der Waals surface area (Å²) < 4.78 is 80.2. The van der Waals surface area contributed by atoms with Gasteiger partial charge >= 0.3 is 18.3 Å². The molecule has 8 aliphatic rings. The number of carbonyl (C=O) groups is 4. The number of aliphatic carboxylic acids is 1. The van der Waals surface area contributed by atoms with E-state index in [9.17, 15) is 50.6 Å². The lowest BCUT2D eigenvalue weighted by atomic mass is 9.81. The zero-order valence-corrected chi connectivity index (χ0v) is 58.7. The van der Waals surface area contributed by atoms with E-state index in [4.69, 9.17) is 33.2 Å². The quantitative estimate of drug-likeness (QED) is 0.146. The molecular weight excluding hydrogens is 1310 g/mol. The van der Waals surface area contributed by atoms with Gasteiger partial charge in [0, 0.05) is 84.9 Å². The number of likely N-dealkylation sites (N-methyl/N-ethyl adjacent to an activating group) is 2. The fourth-order valence-electron chi connectivity index (χ4n) is 14.3. The molecule has 4 aromatic rings. The first-order valence-electron chi connectivity index (χ1n) is 32.4. The van der Waals surface area contributed by atoms with E-state index in [0.29, 0.717) is 79.6 Å². The van der Waals surface area contributed by atoms with Gasteiger partial charge in [-0.2, -0.15) is 26.3 Å². The number of hydrogen-bond donors (Lipinski definition) is 2. The Morgan fingerprint density at radius 3 is 1.36 bits per heavy atom. The molecule has 0 bridgehead atoms. The molecule has 3 amide bonds. The minimum atomic E-state index is -4.47. The smallest absolute Gasteiger partial charge is 0.416 e. The molecule has 25 heteroatoms. The van der Waals surface area contributed by atoms with Crippen molar-refractivity contribution in [3.8, 4) is 0 Å². The molecule has 4 fully saturated rings. The number of likely N-dealkylation sites (tertiary alicyclic amines) is 1. The van der Waals surface area contributed by atoms with E-state index in [0.717, 1.165) is 98.3 Å². The third kappa shape index (κ3) is 14.5. The van der Waals surface area contributed by atoms with Crippen LogP contribution in [0.1, 0.15) is 140 Å². The Labute approximate surface area is 571 Å². The molecule has 512 valence electrons. The van der Waals surface area contributed by atoms with Gasteiger partial charge < -0.3 is 44.7 Å². The molecule has 4 saturated heterocycles. The fraction of sp³-hybridized carbons (Fsp3) is 0.514. The van der Waals surface area contributed by atoms with Crippen molar-refractivity contribution in [2.75, 3.05) is 53.4 Å². The number of nitrogens with zero attached hydrogens (tertiary/aromatic N) is 9. The number of fused-ring (bicyclic) bond motifs is 2. The first-order chi connectivity index (χ1) is 44.6. The number of carboxylic acids is 1. The molecule has 8 heterocycles. The molecule has 0 aliphatic carbocycles. The minimum absolute atomic E-state index is 0.00636. The van der Waals surface area contributed by atoms with Crippen molar-refractivity contribution < 1.29 is 50.6 Å². The Hall–Kier alpha value is -6.08. The number of alkyl halides is 6. The first kappa shape index (κ1) is 71.7. The molecule has 0 saturated carbocycles. The van der Waals surface area contributed by atoms with Crippen LogP contribution >= 0.6 is 46.7 Å². The largest absolute Gasteiger partial charge is 0.477 e. The Kier molecular flexibility index (Phi) is 21.2. The predicted octanol–water partition coefficient (Wildman–Crippen LogP) is 14.1. The fourth-order valence-corrected chi connectivity index (χ4v) is 17.1. The van der Waals surface area contributed by atoms with Crippen molar-refractivity contribution in [1.82, 2.24) is 39.6 Å². The Morgan fingerprint density at radius 2 is 0.979 bits per heavy atom. The highest BCUT2D eigenvalue weighted by Gasteiger charge is 2.56. The highest BCUT2D eigenvalue weighted by atomic mass is 35.5. The molecule has 0 spiro atoms. The second-order valence-corrected chi connectivity index (χ2v) is 30.0. The van der Waals surface area contributed by atoms with Gasteiger partial charge in [0.05, 0.1) is 29.3 Å². The zero-order chi connectivity index (χ0) is 69.1. The monoisotopic (exact) mass is 1390 g/mol. The Bertz CT molecular complexity index is 3670. The highest BCUT2D eigenvalue weighted by molar-refractivity contribution is 8.18. The maximum absolute atomic E-state index is 14.6. The van der Waals surface area contributed by atoms with E-state index in [1.807, 2.05) is 92.3 Å². The molecule has 2 N–H and O–H groups in total. The predicted molar refractivity (Wildman–Crippen MR) is 363 cm³/mol. The average molecular weight is 1390 g/mol. The Morgan fingerprint density at radius 1 is 0.568 bits per heavy atom. The summed E-state index contributed by atoms with van der Waals surface area (Å²) in [4.78, 5) is 77.7. The first-order valence-corrected chi connectivity index (χ1v) is 34.8. The van der Waals surface area contributed by atoms with Gasteiger partial charge in [0.1, 0.15) is 26.9 Å². The Balaban J connectivity index is 0.000000175. The third-order valence-corrected chi connectivity index (χ3v) is 22.5. The second kappa shape index (κ2) is 28.0. The van der Waals surface area contributed by atoms with Crippen LogP contribution in [0.5, 0.6) is 0 Å². The summed E-state index contributed by atoms with van der Waals surface area (Å²) in [5, 5.41) is 15.4. The van der Waals surface area contributed by atoms with E-state index in [-0.39, 0.29) is 46.7 Å². The second-order valence-electron chi connectivity index (χ2n) is 27.2. The number of hydrogen-bond acceptors (Lipinski definition) is 13. The van der Waals surface area contributed by atoms with Crippen molar-refractivity contribution in [3.05, 3.63) is 162 Å². The number of carboxylic acid groups (broad SMARTS) is 1. The van der Waals surface area contributed by atoms with Crippen LogP contribution in [0.25, 0.3) is 0 Å². The number of halogens is 8. The number of piperazine rings is 2. The summed E-state index contributed by atoms with van der Waals surface area (Å²) in [6.45, 7) is 24.9. The summed E-state index contributed by atoms with van der Waals surface area (Å²) in [5.41, 5.74) is 1.08. The van der Waals surface area contributed by atoms with E-state index < -0.39 is 58.7 Å². The van der Waals surface area contributed by atoms with Gasteiger partial charge in [-0.1, -0.05) is 99.4 Å². The molecule has 0 unspecified atom stereocenters. The number of allylic oxidation sites excluding steroid dienone is 2. The summed E-state index contributed by atoms with van der Waals surface area (Å²) in [6, 6.07) is 24.3. The van der Waals surface area contributed by atoms with E-state index in [1.54, 1.807) is 29.2 Å². The van der Waals surface area contributed by atoms with Crippen LogP contribution in [0, 0.1) is 11.8 Å². The topological polar surface area (TPSA) is 148 Å². The lowest BCUT2D eigenvalue weighted by Crippen LogP contribution is -2.57. The molecule has 12 rings (SSSR count). The molecule has 15 nitrogen and oxygen atoms in total. The van der Waals surface area contributed by atoms with Gasteiger partial charge in [0.15, 0.2) is 10.3 Å². The van der Waals surface area contributed by atoms with Crippen molar-refractivity contribution in [2.24, 2.45) is 21.8 Å². The highest BCUT2D eigenvalue weighted by Crippen LogP contribution is 2.58. The van der Waals surface area contributed by atoms with Crippen molar-refractivity contribution >= 4 is 80.8 Å². The van der Waals surface area contributed by atoms with Gasteiger partial charge in [-0.3, -0.25) is 14.4 Å². The molecular formula is C70H84Cl2F6N10O5S2. The summed E-state index contributed by atoms with van der Waals surface area (Å²) in [5.74, 6) is -1.19. The van der Waals surface area contributed by atoms with Gasteiger partial charge in [-0.25, -0.2) is 14.8 Å². The van der Waals surface area contributed by atoms with E-state index >= 15 is 0 Å². The summed E-state index contributed by atoms with van der Waals surface area (Å²) >= 11 is 14.7. The molecule has 10 atom stereocenters. The lowest BCUT2D eigenvalue weighted by molar-refractivity contribution is -0.144. The van der Waals surface area contributed by atoms with Crippen LogP contribution in [0.4, 0.5) is 26.3 Å². The summed E-state index contributed by atoms with van der Waals surface area (Å²) in [6.07, 6.45) is -5.45. The molecule has 8 aliphatic heterocycles. The number of nitrogens with one attached hydrogen (secondary N) is 1. The maximum atomic E-state index is 14.6. The van der Waals surface area contributed by atoms with Crippen LogP contribution < -0.4 is 5.32 Å². The third-order valence-electron chi connectivity index (χ3n) is 19.9. The number of benzene rings is 4. The normalized spacial score (nSPS) is 28.0. The maximum Gasteiger partial charge on any atom is 0.416 e. The van der Waals surface area contributed by atoms with Crippen molar-refractivity contribution in [3.63, 3.8) is 0 Å². The zero-order valence-electron chi connectivity index (χ0n) is 55.5. The van der Waals surface area contributed by atoms with Gasteiger partial charge in [0.2, 0.25) is 11.8 Å². The van der Waals surface area contributed by atoms with Crippen LogP contribution in [-0.4, -0.2) is 163 Å². The van der Waals surface area contributed by atoms with Crippen molar-refractivity contribution in [1.29, 1.82) is 0 Å². The van der Waals surface area contributed by atoms with E-state index in [2.05, 4.69) is 50.0 Å². The van der Waals surface area contributed by atoms with Gasteiger partial charge in [-0.05, 0) is 187 Å². The number of rotatable bonds is 10. The average Bonchev–Trinajstić information content (AvgIpc) is 1.56. The van der Waals surface area contributed by atoms with Crippen LogP contribution in [0.2, 0.25) is 10.0 Å². The summed E-state index contributed by atoms with van der Waals surface area (Å²) in [7, 11) is 4.18. The van der Waals surface area contributed by atoms with Gasteiger partial charge in [-0.15, -0.1) is 0 Å². The minimum Gasteiger partial charge on any atom is -0.477 e. The molecule has 0 aromatic heterocycles. The van der Waals surface area contributed by atoms with Crippen LogP contribution in [0.15, 0.2) is 128 Å². The number of aliphatic imine (C=N–C) groups is 2.